The second-order valence-electron chi connectivity index (χ2n) is 12.3. The first kappa shape index (κ1) is 26.7. The van der Waals surface area contributed by atoms with Gasteiger partial charge in [-0.2, -0.15) is 0 Å². The molecule has 0 N–H and O–H groups in total. The molecule has 0 saturated heterocycles. The Kier molecular flexibility index (Phi) is 5.84. The lowest BCUT2D eigenvalue weighted by Crippen LogP contribution is -2.04. The smallest absolute Gasteiger partial charge is 0.235 e. The zero-order valence-electron chi connectivity index (χ0n) is 26.0. The topological polar surface area (TPSA) is 35.6 Å². The van der Waals surface area contributed by atoms with Gasteiger partial charge in [-0.25, -0.2) is 9.97 Å². The van der Waals surface area contributed by atoms with Crippen LogP contribution in [0.1, 0.15) is 0 Å². The maximum Gasteiger partial charge on any atom is 0.235 e. The van der Waals surface area contributed by atoms with Crippen molar-refractivity contribution in [1.29, 1.82) is 0 Å². The highest BCUT2D eigenvalue weighted by molar-refractivity contribution is 6.18. The summed E-state index contributed by atoms with van der Waals surface area (Å²) in [5, 5.41) is 7.03. The van der Waals surface area contributed by atoms with Crippen LogP contribution >= 0.6 is 0 Å². The van der Waals surface area contributed by atoms with Crippen molar-refractivity contribution in [3.8, 4) is 34.0 Å². The summed E-state index contributed by atoms with van der Waals surface area (Å²) in [6.45, 7) is 0. The van der Waals surface area contributed by atoms with Crippen molar-refractivity contribution in [3.63, 3.8) is 0 Å². The third-order valence-electron chi connectivity index (χ3n) is 9.57. The molecule has 0 radical (unpaired) electrons. The van der Waals surface area contributed by atoms with Crippen LogP contribution in [0.25, 0.3) is 88.4 Å². The normalized spacial score (nSPS) is 11.8. The van der Waals surface area contributed by atoms with E-state index in [1.54, 1.807) is 0 Å². The average molecular weight is 613 g/mol. The first-order chi connectivity index (χ1) is 23.8. The summed E-state index contributed by atoms with van der Waals surface area (Å²) in [5.74, 6) is 0.654. The Balaban J connectivity index is 1.23. The van der Waals surface area contributed by atoms with Gasteiger partial charge in [0.05, 0.1) is 27.8 Å². The molecular weight excluding hydrogens is 585 g/mol. The van der Waals surface area contributed by atoms with Gasteiger partial charge in [-0.05, 0) is 52.2 Å². The Morgan fingerprint density at radius 1 is 0.417 bits per heavy atom. The van der Waals surface area contributed by atoms with Crippen LogP contribution in [0.5, 0.6) is 0 Å². The van der Waals surface area contributed by atoms with Gasteiger partial charge in [-0.3, -0.25) is 4.57 Å². The van der Waals surface area contributed by atoms with Crippen molar-refractivity contribution in [2.45, 2.75) is 0 Å². The summed E-state index contributed by atoms with van der Waals surface area (Å²) < 4.78 is 4.54. The van der Waals surface area contributed by atoms with Crippen LogP contribution in [0.2, 0.25) is 0 Å². The number of nitrogens with zero attached hydrogens (tertiary/aromatic N) is 4. The van der Waals surface area contributed by atoms with E-state index in [4.69, 9.17) is 9.97 Å². The molecule has 0 aliphatic heterocycles. The standard InChI is InChI=1S/C44H28N4/c1-2-13-33(14-3-1)47-28-27-32-25-26-37-36-16-7-9-20-40(36)48(43(37)42(32)47)44-45-39-19-8-6-17-38(39)41(46-44)31-23-21-30(22-24-31)35-18-10-12-29-11-4-5-15-34(29)35/h1-28H. The van der Waals surface area contributed by atoms with Crippen molar-refractivity contribution in [2.75, 3.05) is 0 Å². The molecule has 0 saturated carbocycles. The molecule has 0 fully saturated rings. The predicted molar refractivity (Wildman–Crippen MR) is 199 cm³/mol. The molecule has 0 aliphatic carbocycles. The van der Waals surface area contributed by atoms with E-state index in [1.165, 1.54) is 38.1 Å². The monoisotopic (exact) mass is 612 g/mol. The minimum Gasteiger partial charge on any atom is -0.315 e. The lowest BCUT2D eigenvalue weighted by atomic mass is 9.96. The quantitative estimate of drug-likeness (QED) is 0.198. The highest BCUT2D eigenvalue weighted by Gasteiger charge is 2.21. The van der Waals surface area contributed by atoms with Gasteiger partial charge in [0.25, 0.3) is 0 Å². The molecule has 224 valence electrons. The van der Waals surface area contributed by atoms with E-state index in [9.17, 15) is 0 Å². The molecule has 10 rings (SSSR count). The molecule has 10 aromatic rings. The maximum absolute atomic E-state index is 5.40. The summed E-state index contributed by atoms with van der Waals surface area (Å²) in [6.07, 6.45) is 2.16. The number of hydrogen-bond donors (Lipinski definition) is 0. The Hall–Kier alpha value is -6.52. The molecule has 0 bridgehead atoms. The summed E-state index contributed by atoms with van der Waals surface area (Å²) in [5.41, 5.74) is 9.70. The van der Waals surface area contributed by atoms with Crippen molar-refractivity contribution in [3.05, 3.63) is 170 Å². The molecule has 48 heavy (non-hydrogen) atoms. The largest absolute Gasteiger partial charge is 0.315 e. The first-order valence-electron chi connectivity index (χ1n) is 16.3. The van der Waals surface area contributed by atoms with Crippen molar-refractivity contribution in [2.24, 2.45) is 0 Å². The third-order valence-corrected chi connectivity index (χ3v) is 9.57. The molecule has 4 nitrogen and oxygen atoms in total. The molecule has 3 heterocycles. The molecule has 0 atom stereocenters. The summed E-state index contributed by atoms with van der Waals surface area (Å²) in [6, 6.07) is 57.9. The van der Waals surface area contributed by atoms with E-state index in [-0.39, 0.29) is 0 Å². The molecule has 7 aromatic carbocycles. The fraction of sp³-hybridized carbons (Fsp3) is 0. The second kappa shape index (κ2) is 10.5. The fourth-order valence-corrected chi connectivity index (χ4v) is 7.35. The average Bonchev–Trinajstić information content (AvgIpc) is 3.74. The van der Waals surface area contributed by atoms with Crippen LogP contribution in [0.4, 0.5) is 0 Å². The van der Waals surface area contributed by atoms with Crippen molar-refractivity contribution < 1.29 is 0 Å². The number of hydrogen-bond acceptors (Lipinski definition) is 2. The lowest BCUT2D eigenvalue weighted by Gasteiger charge is -2.14. The summed E-state index contributed by atoms with van der Waals surface area (Å²) >= 11 is 0. The maximum atomic E-state index is 5.40. The predicted octanol–water partition coefficient (Wildman–Crippen LogP) is 11.2. The lowest BCUT2D eigenvalue weighted by molar-refractivity contribution is 1.01. The zero-order chi connectivity index (χ0) is 31.6. The van der Waals surface area contributed by atoms with Crippen molar-refractivity contribution >= 4 is 54.4 Å². The highest BCUT2D eigenvalue weighted by Crippen LogP contribution is 2.39. The molecule has 4 heteroatoms. The number of rotatable bonds is 4. The highest BCUT2D eigenvalue weighted by atomic mass is 15.2. The number of para-hydroxylation sites is 3. The minimum atomic E-state index is 0.654. The van der Waals surface area contributed by atoms with Gasteiger partial charge >= 0.3 is 0 Å². The zero-order valence-corrected chi connectivity index (χ0v) is 26.0. The minimum absolute atomic E-state index is 0.654. The SMILES string of the molecule is c1ccc(-n2ccc3ccc4c5ccccc5n(-c5nc(-c6ccc(-c7cccc8ccccc78)cc6)c6ccccc6n5)c4c32)cc1. The van der Waals surface area contributed by atoms with Crippen LogP contribution in [0.3, 0.4) is 0 Å². The van der Waals surface area contributed by atoms with Gasteiger partial charge < -0.3 is 4.57 Å². The van der Waals surface area contributed by atoms with Crippen LogP contribution in [0, 0.1) is 0 Å². The van der Waals surface area contributed by atoms with E-state index in [2.05, 4.69) is 179 Å². The van der Waals surface area contributed by atoms with E-state index < -0.39 is 0 Å². The Morgan fingerprint density at radius 3 is 2.00 bits per heavy atom. The molecular formula is C44H28N4. The summed E-state index contributed by atoms with van der Waals surface area (Å²) in [7, 11) is 0. The van der Waals surface area contributed by atoms with E-state index >= 15 is 0 Å². The number of fused-ring (bicyclic) bond motifs is 7. The second-order valence-corrected chi connectivity index (χ2v) is 12.3. The molecule has 0 unspecified atom stereocenters. The van der Waals surface area contributed by atoms with Crippen LogP contribution in [0.15, 0.2) is 170 Å². The van der Waals surface area contributed by atoms with E-state index in [0.29, 0.717) is 5.95 Å². The van der Waals surface area contributed by atoms with Crippen LogP contribution in [-0.4, -0.2) is 19.1 Å². The Morgan fingerprint density at radius 2 is 1.12 bits per heavy atom. The Labute approximate surface area is 276 Å². The van der Waals surface area contributed by atoms with Gasteiger partial charge in [0.1, 0.15) is 0 Å². The van der Waals surface area contributed by atoms with Gasteiger partial charge in [0.2, 0.25) is 5.95 Å². The Bertz CT molecular complexity index is 2820. The van der Waals surface area contributed by atoms with Gasteiger partial charge in [0.15, 0.2) is 0 Å². The van der Waals surface area contributed by atoms with Crippen LogP contribution < -0.4 is 0 Å². The molecule has 0 spiro atoms. The van der Waals surface area contributed by atoms with Gasteiger partial charge in [-0.1, -0.05) is 133 Å². The van der Waals surface area contributed by atoms with Gasteiger partial charge in [-0.15, -0.1) is 0 Å². The van der Waals surface area contributed by atoms with E-state index in [0.717, 1.165) is 44.4 Å². The number of benzene rings is 7. The van der Waals surface area contributed by atoms with Gasteiger partial charge in [0, 0.05) is 39.0 Å². The molecule has 0 aliphatic rings. The third kappa shape index (κ3) is 4.03. The molecule has 0 amide bonds. The molecule has 3 aromatic heterocycles. The van der Waals surface area contributed by atoms with Crippen LogP contribution in [-0.2, 0) is 0 Å². The fourth-order valence-electron chi connectivity index (χ4n) is 7.35. The first-order valence-corrected chi connectivity index (χ1v) is 16.3. The number of aromatic nitrogens is 4. The summed E-state index contributed by atoms with van der Waals surface area (Å²) in [4.78, 5) is 10.6. The van der Waals surface area contributed by atoms with E-state index in [1.807, 2.05) is 0 Å². The van der Waals surface area contributed by atoms with Crippen molar-refractivity contribution in [1.82, 2.24) is 19.1 Å².